The quantitative estimate of drug-likeness (QED) is 0.279. The van der Waals surface area contributed by atoms with Crippen molar-refractivity contribution in [1.82, 2.24) is 9.62 Å². The maximum atomic E-state index is 13.6. The van der Waals surface area contributed by atoms with Crippen LogP contribution < -0.4 is 14.4 Å². The topological polar surface area (TPSA) is 88.2 Å². The lowest BCUT2D eigenvalue weighted by Gasteiger charge is -2.54. The number of ether oxygens (including phenoxy) is 2. The number of benzene rings is 3. The third-order valence-electron chi connectivity index (χ3n) is 12.7. The number of carbonyl (C=O) groups is 1. The van der Waals surface area contributed by atoms with Crippen LogP contribution in [0, 0.1) is 17.8 Å². The van der Waals surface area contributed by atoms with Crippen molar-refractivity contribution in [3.63, 3.8) is 0 Å². The monoisotopic (exact) mass is 743 g/mol. The molecule has 1 N–H and O–H groups in total. The number of aryl methyl sites for hydroxylation is 1. The highest BCUT2D eigenvalue weighted by Gasteiger charge is 2.51. The first-order chi connectivity index (χ1) is 25.0. The van der Waals surface area contributed by atoms with Crippen LogP contribution in [0.5, 0.6) is 5.75 Å². The Morgan fingerprint density at radius 1 is 1.02 bits per heavy atom. The van der Waals surface area contributed by atoms with E-state index in [1.54, 1.807) is 13.0 Å². The van der Waals surface area contributed by atoms with Gasteiger partial charge in [0.1, 0.15) is 11.4 Å². The first-order valence-electron chi connectivity index (χ1n) is 19.0. The van der Waals surface area contributed by atoms with E-state index >= 15 is 0 Å². The average Bonchev–Trinajstić information content (AvgIpc) is 3.26. The standard InChI is InChI=1S/C42H50ClN3O5S/c1-29-8-6-19-42(27-45(20-21-51-42)24-31-9-4-3-5-10-31)37-15-12-34(37)25-46-26-41(18-7-11-32-22-35(43)14-16-36(32)41)28-50-39-17-13-33(23-38(39)46)40(47)44-52(48,49)30(29)2/h3-6,9-10,13-14,16-17,19,22-23,29-30,34,37H,7-8,11-12,15,18,20-21,24-28H2,1-2H3,(H,44,47)/b19-6+/t29-,30+,34-,37+,41-,42-/m0/s1. The van der Waals surface area contributed by atoms with E-state index in [1.807, 2.05) is 25.1 Å². The van der Waals surface area contributed by atoms with Crippen molar-refractivity contribution in [2.45, 2.75) is 75.2 Å². The third kappa shape index (κ3) is 6.78. The molecule has 3 aliphatic heterocycles. The minimum absolute atomic E-state index is 0.215. The smallest absolute Gasteiger partial charge is 0.264 e. The molecule has 0 unspecified atom stereocenters. The Morgan fingerprint density at radius 3 is 2.67 bits per heavy atom. The van der Waals surface area contributed by atoms with Crippen molar-refractivity contribution in [3.8, 4) is 5.75 Å². The van der Waals surface area contributed by atoms with E-state index in [1.165, 1.54) is 16.7 Å². The molecular formula is C42H50ClN3O5S. The summed E-state index contributed by atoms with van der Waals surface area (Å²) in [5.41, 5.74) is 4.23. The second-order valence-corrected chi connectivity index (χ2v) is 18.5. The highest BCUT2D eigenvalue weighted by Crippen LogP contribution is 2.50. The summed E-state index contributed by atoms with van der Waals surface area (Å²) < 4.78 is 43.2. The van der Waals surface area contributed by atoms with Gasteiger partial charge in [0.2, 0.25) is 10.0 Å². The summed E-state index contributed by atoms with van der Waals surface area (Å²) in [6.45, 7) is 8.77. The van der Waals surface area contributed by atoms with E-state index in [9.17, 15) is 13.2 Å². The second-order valence-electron chi connectivity index (χ2n) is 16.0. The zero-order valence-corrected chi connectivity index (χ0v) is 31.8. The lowest BCUT2D eigenvalue weighted by Crippen LogP contribution is -2.60. The van der Waals surface area contributed by atoms with E-state index in [-0.39, 0.29) is 17.3 Å². The van der Waals surface area contributed by atoms with Crippen LogP contribution in [0.2, 0.25) is 5.02 Å². The lowest BCUT2D eigenvalue weighted by atomic mass is 9.63. The Morgan fingerprint density at radius 2 is 1.87 bits per heavy atom. The van der Waals surface area contributed by atoms with Crippen LogP contribution in [0.25, 0.3) is 0 Å². The molecular weight excluding hydrogens is 694 g/mol. The van der Waals surface area contributed by atoms with Crippen molar-refractivity contribution in [2.75, 3.05) is 44.3 Å². The first-order valence-corrected chi connectivity index (χ1v) is 20.9. The molecule has 2 bridgehead atoms. The molecule has 5 aliphatic rings. The van der Waals surface area contributed by atoms with Gasteiger partial charge in [-0.3, -0.25) is 9.69 Å². The van der Waals surface area contributed by atoms with Gasteiger partial charge in [-0.05, 0) is 110 Å². The second kappa shape index (κ2) is 14.1. The summed E-state index contributed by atoms with van der Waals surface area (Å²) in [4.78, 5) is 18.6. The lowest BCUT2D eigenvalue weighted by molar-refractivity contribution is -0.146. The molecule has 3 aromatic rings. The van der Waals surface area contributed by atoms with Gasteiger partial charge in [-0.15, -0.1) is 0 Å². The molecule has 2 fully saturated rings. The van der Waals surface area contributed by atoms with Gasteiger partial charge in [-0.2, -0.15) is 0 Å². The van der Waals surface area contributed by atoms with Gasteiger partial charge in [-0.25, -0.2) is 13.1 Å². The van der Waals surface area contributed by atoms with Crippen molar-refractivity contribution < 1.29 is 22.7 Å². The van der Waals surface area contributed by atoms with Crippen LogP contribution in [-0.4, -0.2) is 69.5 Å². The molecule has 276 valence electrons. The van der Waals surface area contributed by atoms with Gasteiger partial charge < -0.3 is 14.4 Å². The fraction of sp³-hybridized carbons (Fsp3) is 0.500. The molecule has 8 rings (SSSR count). The van der Waals surface area contributed by atoms with Crippen molar-refractivity contribution >= 4 is 33.2 Å². The van der Waals surface area contributed by atoms with Crippen molar-refractivity contribution in [1.29, 1.82) is 0 Å². The SMILES string of the molecule is C[C@@H]1[C@@H](C)C/C=C/[C@]2(CN(Cc3ccccc3)CCO2)[C@@H]2CC[C@H]2CN2C[C@@]3(CCCc4cc(Cl)ccc43)COc3ccc(cc32)C(=O)NS1(=O)=O. The van der Waals surface area contributed by atoms with E-state index in [0.29, 0.717) is 36.9 Å². The fourth-order valence-electron chi connectivity index (χ4n) is 9.49. The summed E-state index contributed by atoms with van der Waals surface area (Å²) in [5.74, 6) is 0.511. The number of sulfonamides is 1. The van der Waals surface area contributed by atoms with Crippen molar-refractivity contribution in [3.05, 3.63) is 106 Å². The van der Waals surface area contributed by atoms with Crippen LogP contribution in [0.1, 0.15) is 73.0 Å². The molecule has 1 saturated carbocycles. The number of rotatable bonds is 2. The summed E-state index contributed by atoms with van der Waals surface area (Å²) >= 11 is 6.50. The largest absolute Gasteiger partial charge is 0.490 e. The van der Waals surface area contributed by atoms with Gasteiger partial charge in [0, 0.05) is 48.7 Å². The van der Waals surface area contributed by atoms with Gasteiger partial charge >= 0.3 is 0 Å². The minimum atomic E-state index is -3.95. The van der Waals surface area contributed by atoms with E-state index in [0.717, 1.165) is 75.5 Å². The fourth-order valence-corrected chi connectivity index (χ4v) is 11.0. The Hall–Kier alpha value is -3.37. The van der Waals surface area contributed by atoms with Crippen LogP contribution >= 0.6 is 11.6 Å². The van der Waals surface area contributed by atoms with Crippen molar-refractivity contribution in [2.24, 2.45) is 17.8 Å². The molecule has 0 radical (unpaired) electrons. The Kier molecular flexibility index (Phi) is 9.68. The predicted octanol–water partition coefficient (Wildman–Crippen LogP) is 7.15. The number of carbonyl (C=O) groups excluding carboxylic acids is 1. The molecule has 1 amide bonds. The number of nitrogens with zero attached hydrogens (tertiary/aromatic N) is 2. The molecule has 6 atom stereocenters. The number of hydrogen-bond donors (Lipinski definition) is 1. The molecule has 2 aliphatic carbocycles. The number of morpholine rings is 1. The number of halogens is 1. The van der Waals surface area contributed by atoms with Gasteiger partial charge in [0.05, 0.1) is 24.2 Å². The van der Waals surface area contributed by atoms with Gasteiger partial charge in [-0.1, -0.05) is 67.1 Å². The minimum Gasteiger partial charge on any atom is -0.490 e. The first kappa shape index (κ1) is 35.6. The van der Waals surface area contributed by atoms with Crippen LogP contribution in [0.15, 0.2) is 78.9 Å². The Balaban J connectivity index is 1.20. The molecule has 2 spiro atoms. The summed E-state index contributed by atoms with van der Waals surface area (Å²) in [7, 11) is -3.95. The number of fused-ring (bicyclic) bond motifs is 5. The number of anilines is 1. The number of hydrogen-bond acceptors (Lipinski definition) is 7. The molecule has 8 nitrogen and oxygen atoms in total. The predicted molar refractivity (Wildman–Crippen MR) is 206 cm³/mol. The summed E-state index contributed by atoms with van der Waals surface area (Å²) in [5, 5.41) is -0.0268. The Labute approximate surface area is 313 Å². The summed E-state index contributed by atoms with van der Waals surface area (Å²) in [6.07, 6.45) is 10.1. The molecule has 0 aromatic heterocycles. The Bertz CT molecular complexity index is 1960. The molecule has 52 heavy (non-hydrogen) atoms. The van der Waals surface area contributed by atoms with Gasteiger partial charge in [0.25, 0.3) is 5.91 Å². The van der Waals surface area contributed by atoms with Crippen LogP contribution in [0.4, 0.5) is 5.69 Å². The zero-order chi connectivity index (χ0) is 36.1. The maximum absolute atomic E-state index is 13.6. The van der Waals surface area contributed by atoms with Gasteiger partial charge in [0.15, 0.2) is 0 Å². The number of amides is 1. The van der Waals surface area contributed by atoms with E-state index in [2.05, 4.69) is 69.1 Å². The van der Waals surface area contributed by atoms with Crippen LogP contribution in [-0.2, 0) is 33.1 Å². The molecule has 3 heterocycles. The van der Waals surface area contributed by atoms with Crippen LogP contribution in [0.3, 0.4) is 0 Å². The average molecular weight is 744 g/mol. The maximum Gasteiger partial charge on any atom is 0.264 e. The number of nitrogens with one attached hydrogen (secondary N) is 1. The van der Waals surface area contributed by atoms with E-state index in [4.69, 9.17) is 21.1 Å². The molecule has 1 saturated heterocycles. The summed E-state index contributed by atoms with van der Waals surface area (Å²) in [6, 6.07) is 22.3. The molecule has 10 heteroatoms. The van der Waals surface area contributed by atoms with E-state index < -0.39 is 26.8 Å². The highest BCUT2D eigenvalue weighted by molar-refractivity contribution is 7.90. The highest BCUT2D eigenvalue weighted by atomic mass is 35.5. The third-order valence-corrected chi connectivity index (χ3v) is 14.9. The normalized spacial score (nSPS) is 32.4. The zero-order valence-electron chi connectivity index (χ0n) is 30.2. The molecule has 3 aromatic carbocycles. The number of allylic oxidation sites excluding steroid dienone is 1.